The monoisotopic (exact) mass is 488 g/mol. The van der Waals surface area contributed by atoms with Crippen molar-refractivity contribution in [2.45, 2.75) is 44.5 Å². The van der Waals surface area contributed by atoms with Crippen LogP contribution >= 0.6 is 11.8 Å². The van der Waals surface area contributed by atoms with Crippen LogP contribution in [0.15, 0.2) is 65.7 Å². The molecule has 182 valence electrons. The maximum atomic E-state index is 13.0. The largest absolute Gasteiger partial charge is 0.336 e. The Morgan fingerprint density at radius 2 is 1.69 bits per heavy atom. The summed E-state index contributed by atoms with van der Waals surface area (Å²) in [5, 5.41) is 9.59. The molecule has 6 nitrogen and oxygen atoms in total. The second-order valence-corrected chi connectivity index (χ2v) is 10.4. The molecule has 1 aromatic heterocycles. The fraction of sp³-hybridized carbons (Fsp3) is 0.357. The zero-order chi connectivity index (χ0) is 24.9. The van der Waals surface area contributed by atoms with Crippen molar-refractivity contribution in [1.29, 1.82) is 0 Å². The number of aryl methyl sites for hydroxylation is 1. The Balaban J connectivity index is 1.31. The van der Waals surface area contributed by atoms with E-state index in [1.54, 1.807) is 11.8 Å². The number of carbonyl (C=O) groups is 2. The number of nitrogens with zero attached hydrogens (tertiary/aromatic N) is 4. The standard InChI is InChI=1S/C28H32N4O2S/c1-19(2)27(33)32-16-15-31(17-21(32)4)28(34)24-11-7-22(8-12-24)18-35-26-14-13-25(29-30-26)23-9-5-20(3)6-10-23/h5-14,19,21H,15-18H2,1-4H3. The quantitative estimate of drug-likeness (QED) is 0.453. The Kier molecular flexibility index (Phi) is 7.86. The smallest absolute Gasteiger partial charge is 0.253 e. The van der Waals surface area contributed by atoms with Crippen molar-refractivity contribution in [3.63, 3.8) is 0 Å². The molecule has 0 saturated carbocycles. The second-order valence-electron chi connectivity index (χ2n) is 9.39. The van der Waals surface area contributed by atoms with Gasteiger partial charge in [-0.2, -0.15) is 0 Å². The van der Waals surface area contributed by atoms with Crippen molar-refractivity contribution >= 4 is 23.6 Å². The minimum absolute atomic E-state index is 0.0188. The first-order chi connectivity index (χ1) is 16.8. The fourth-order valence-corrected chi connectivity index (χ4v) is 4.93. The molecule has 0 spiro atoms. The van der Waals surface area contributed by atoms with Crippen LogP contribution in [0.4, 0.5) is 0 Å². The SMILES string of the molecule is Cc1ccc(-c2ccc(SCc3ccc(C(=O)N4CCN(C(=O)C(C)C)C(C)C4)cc3)nn2)cc1. The molecule has 4 rings (SSSR count). The van der Waals surface area contributed by atoms with E-state index >= 15 is 0 Å². The van der Waals surface area contributed by atoms with Crippen molar-refractivity contribution in [1.82, 2.24) is 20.0 Å². The summed E-state index contributed by atoms with van der Waals surface area (Å²) in [6, 6.07) is 20.0. The number of hydrogen-bond donors (Lipinski definition) is 0. The first kappa shape index (κ1) is 24.9. The van der Waals surface area contributed by atoms with Crippen LogP contribution in [0.3, 0.4) is 0 Å². The summed E-state index contributed by atoms with van der Waals surface area (Å²) in [4.78, 5) is 29.1. The Hall–Kier alpha value is -3.19. The molecular formula is C28H32N4O2S. The summed E-state index contributed by atoms with van der Waals surface area (Å²) in [5.74, 6) is 0.897. The number of piperazine rings is 1. The molecule has 2 aromatic carbocycles. The van der Waals surface area contributed by atoms with Crippen LogP contribution in [0.5, 0.6) is 0 Å². The Bertz CT molecular complexity index is 1160. The van der Waals surface area contributed by atoms with Crippen LogP contribution in [0, 0.1) is 12.8 Å². The van der Waals surface area contributed by atoms with E-state index in [9.17, 15) is 9.59 Å². The molecule has 0 bridgehead atoms. The van der Waals surface area contributed by atoms with E-state index in [0.29, 0.717) is 25.2 Å². The molecule has 1 saturated heterocycles. The highest BCUT2D eigenvalue weighted by Crippen LogP contribution is 2.24. The zero-order valence-electron chi connectivity index (χ0n) is 20.8. The minimum Gasteiger partial charge on any atom is -0.336 e. The van der Waals surface area contributed by atoms with Crippen LogP contribution in [-0.2, 0) is 10.5 Å². The van der Waals surface area contributed by atoms with Gasteiger partial charge in [0.2, 0.25) is 5.91 Å². The normalized spacial score (nSPS) is 16.0. The zero-order valence-corrected chi connectivity index (χ0v) is 21.6. The third-order valence-electron chi connectivity index (χ3n) is 6.27. The van der Waals surface area contributed by atoms with Gasteiger partial charge in [-0.1, -0.05) is 67.6 Å². The number of thioether (sulfide) groups is 1. The highest BCUT2D eigenvalue weighted by atomic mass is 32.2. The first-order valence-corrected chi connectivity index (χ1v) is 13.0. The predicted octanol–water partition coefficient (Wildman–Crippen LogP) is 5.07. The van der Waals surface area contributed by atoms with Gasteiger partial charge in [0.25, 0.3) is 5.91 Å². The molecule has 0 N–H and O–H groups in total. The van der Waals surface area contributed by atoms with E-state index in [1.807, 2.05) is 67.0 Å². The maximum Gasteiger partial charge on any atom is 0.253 e. The molecule has 1 fully saturated rings. The maximum absolute atomic E-state index is 13.0. The van der Waals surface area contributed by atoms with Crippen molar-refractivity contribution in [3.8, 4) is 11.3 Å². The summed E-state index contributed by atoms with van der Waals surface area (Å²) in [7, 11) is 0. The van der Waals surface area contributed by atoms with E-state index in [2.05, 4.69) is 41.4 Å². The number of aromatic nitrogens is 2. The van der Waals surface area contributed by atoms with Gasteiger partial charge >= 0.3 is 0 Å². The average Bonchev–Trinajstić information content (AvgIpc) is 2.87. The Morgan fingerprint density at radius 3 is 2.29 bits per heavy atom. The lowest BCUT2D eigenvalue weighted by atomic mass is 10.1. The van der Waals surface area contributed by atoms with Crippen LogP contribution in [0.1, 0.15) is 42.3 Å². The van der Waals surface area contributed by atoms with Gasteiger partial charge in [-0.15, -0.1) is 10.2 Å². The summed E-state index contributed by atoms with van der Waals surface area (Å²) in [6.07, 6.45) is 0. The molecule has 3 aromatic rings. The molecule has 1 aliphatic heterocycles. The topological polar surface area (TPSA) is 66.4 Å². The molecule has 0 radical (unpaired) electrons. The van der Waals surface area contributed by atoms with Gasteiger partial charge in [-0.3, -0.25) is 9.59 Å². The third kappa shape index (κ3) is 6.09. The van der Waals surface area contributed by atoms with E-state index in [4.69, 9.17) is 0 Å². The fourth-order valence-electron chi connectivity index (χ4n) is 4.16. The predicted molar refractivity (Wildman–Crippen MR) is 140 cm³/mol. The summed E-state index contributed by atoms with van der Waals surface area (Å²) in [5.41, 5.74) is 4.94. The van der Waals surface area contributed by atoms with Gasteiger partial charge in [0.1, 0.15) is 5.03 Å². The molecule has 1 aliphatic rings. The van der Waals surface area contributed by atoms with E-state index in [-0.39, 0.29) is 23.8 Å². The second kappa shape index (κ2) is 11.0. The van der Waals surface area contributed by atoms with Crippen molar-refractivity contribution < 1.29 is 9.59 Å². The highest BCUT2D eigenvalue weighted by molar-refractivity contribution is 7.98. The summed E-state index contributed by atoms with van der Waals surface area (Å²) < 4.78 is 0. The van der Waals surface area contributed by atoms with Crippen molar-refractivity contribution in [2.24, 2.45) is 5.92 Å². The van der Waals surface area contributed by atoms with E-state index in [0.717, 1.165) is 27.6 Å². The van der Waals surface area contributed by atoms with Gasteiger partial charge in [0, 0.05) is 48.5 Å². The lowest BCUT2D eigenvalue weighted by molar-refractivity contribution is -0.138. The van der Waals surface area contributed by atoms with Crippen molar-refractivity contribution in [3.05, 3.63) is 77.4 Å². The van der Waals surface area contributed by atoms with E-state index < -0.39 is 0 Å². The van der Waals surface area contributed by atoms with Gasteiger partial charge in [0.05, 0.1) is 5.69 Å². The molecule has 1 unspecified atom stereocenters. The van der Waals surface area contributed by atoms with Crippen LogP contribution in [0.25, 0.3) is 11.3 Å². The third-order valence-corrected chi connectivity index (χ3v) is 7.26. The lowest BCUT2D eigenvalue weighted by Crippen LogP contribution is -2.56. The Labute approximate surface area is 211 Å². The molecule has 1 atom stereocenters. The number of amides is 2. The number of carbonyl (C=O) groups excluding carboxylic acids is 2. The van der Waals surface area contributed by atoms with Crippen molar-refractivity contribution in [2.75, 3.05) is 19.6 Å². The van der Waals surface area contributed by atoms with Gasteiger partial charge in [-0.25, -0.2) is 0 Å². The van der Waals surface area contributed by atoms with Crippen LogP contribution in [-0.4, -0.2) is 57.5 Å². The lowest BCUT2D eigenvalue weighted by Gasteiger charge is -2.40. The molecule has 2 heterocycles. The molecule has 0 aliphatic carbocycles. The van der Waals surface area contributed by atoms with Crippen LogP contribution < -0.4 is 0 Å². The van der Waals surface area contributed by atoms with Gasteiger partial charge < -0.3 is 9.80 Å². The molecule has 2 amide bonds. The van der Waals surface area contributed by atoms with Gasteiger partial charge in [-0.05, 0) is 43.7 Å². The van der Waals surface area contributed by atoms with Crippen LogP contribution in [0.2, 0.25) is 0 Å². The summed E-state index contributed by atoms with van der Waals surface area (Å²) in [6.45, 7) is 9.62. The molecular weight excluding hydrogens is 456 g/mol. The average molecular weight is 489 g/mol. The minimum atomic E-state index is -0.0257. The summed E-state index contributed by atoms with van der Waals surface area (Å²) >= 11 is 1.62. The first-order valence-electron chi connectivity index (χ1n) is 12.0. The highest BCUT2D eigenvalue weighted by Gasteiger charge is 2.31. The number of benzene rings is 2. The molecule has 7 heteroatoms. The van der Waals surface area contributed by atoms with Gasteiger partial charge in [0.15, 0.2) is 0 Å². The Morgan fingerprint density at radius 1 is 0.971 bits per heavy atom. The van der Waals surface area contributed by atoms with E-state index in [1.165, 1.54) is 5.56 Å². The molecule has 35 heavy (non-hydrogen) atoms. The number of rotatable bonds is 6. The number of hydrogen-bond acceptors (Lipinski definition) is 5.